The van der Waals surface area contributed by atoms with Gasteiger partial charge in [-0.1, -0.05) is 42.8 Å². The predicted molar refractivity (Wildman–Crippen MR) is 139 cm³/mol. The number of aryl methyl sites for hydroxylation is 2. The fourth-order valence-corrected chi connectivity index (χ4v) is 5.99. The Hall–Kier alpha value is -2.86. The minimum absolute atomic E-state index is 0.00600. The number of para-hydroxylation sites is 1. The van der Waals surface area contributed by atoms with E-state index in [4.69, 9.17) is 0 Å². The first kappa shape index (κ1) is 23.9. The van der Waals surface area contributed by atoms with E-state index in [-0.39, 0.29) is 30.4 Å². The van der Waals surface area contributed by atoms with Gasteiger partial charge in [-0.05, 0) is 80.4 Å². The molecule has 1 unspecified atom stereocenters. The van der Waals surface area contributed by atoms with Crippen molar-refractivity contribution in [1.29, 1.82) is 0 Å². The lowest BCUT2D eigenvalue weighted by molar-refractivity contribution is -0.124. The Balaban J connectivity index is 1.24. The van der Waals surface area contributed by atoms with Gasteiger partial charge in [0.2, 0.25) is 11.8 Å². The van der Waals surface area contributed by atoms with Gasteiger partial charge in [-0.25, -0.2) is 0 Å². The summed E-state index contributed by atoms with van der Waals surface area (Å²) in [5.74, 6) is 0.0615. The van der Waals surface area contributed by atoms with Gasteiger partial charge in [-0.3, -0.25) is 14.5 Å². The van der Waals surface area contributed by atoms with E-state index in [0.29, 0.717) is 13.0 Å². The Kier molecular flexibility index (Phi) is 7.37. The summed E-state index contributed by atoms with van der Waals surface area (Å²) in [6, 6.07) is 15.0. The van der Waals surface area contributed by atoms with E-state index in [1.54, 1.807) is 0 Å². The molecule has 2 heterocycles. The molecule has 2 aromatic carbocycles. The molecule has 186 valence electrons. The maximum Gasteiger partial charge on any atom is 0.239 e. The van der Waals surface area contributed by atoms with E-state index < -0.39 is 0 Å². The smallest absolute Gasteiger partial charge is 0.239 e. The van der Waals surface area contributed by atoms with Gasteiger partial charge in [-0.2, -0.15) is 0 Å². The number of nitrogens with one attached hydrogen (secondary N) is 2. The maximum atomic E-state index is 13.2. The lowest BCUT2D eigenvalue weighted by atomic mass is 9.86. The van der Waals surface area contributed by atoms with E-state index in [2.05, 4.69) is 51.6 Å². The fourth-order valence-electron chi connectivity index (χ4n) is 5.99. The molecule has 2 aliphatic heterocycles. The van der Waals surface area contributed by atoms with Crippen LogP contribution in [0.2, 0.25) is 0 Å². The summed E-state index contributed by atoms with van der Waals surface area (Å²) in [4.78, 5) is 30.0. The molecule has 5 rings (SSSR count). The van der Waals surface area contributed by atoms with Crippen LogP contribution in [0.5, 0.6) is 0 Å². The van der Waals surface area contributed by atoms with Crippen molar-refractivity contribution in [3.05, 3.63) is 64.7 Å². The molecule has 3 aliphatic rings. The van der Waals surface area contributed by atoms with Crippen molar-refractivity contribution in [3.63, 3.8) is 0 Å². The number of hydrogen-bond donors (Lipinski definition) is 2. The van der Waals surface area contributed by atoms with Crippen LogP contribution in [0.3, 0.4) is 0 Å². The molecule has 0 spiro atoms. The van der Waals surface area contributed by atoms with Gasteiger partial charge in [0.05, 0.1) is 18.6 Å². The van der Waals surface area contributed by atoms with Gasteiger partial charge >= 0.3 is 0 Å². The Morgan fingerprint density at radius 3 is 2.74 bits per heavy atom. The number of piperidine rings is 1. The second-order valence-electron chi connectivity index (χ2n) is 10.5. The average molecular weight is 475 g/mol. The molecular formula is C29H38N4O2. The number of amides is 2. The molecule has 0 saturated carbocycles. The van der Waals surface area contributed by atoms with E-state index in [0.717, 1.165) is 37.1 Å². The Morgan fingerprint density at radius 1 is 1.09 bits per heavy atom. The molecular weight excluding hydrogens is 436 g/mol. The molecule has 2 saturated heterocycles. The summed E-state index contributed by atoms with van der Waals surface area (Å²) in [5, 5.41) is 6.28. The van der Waals surface area contributed by atoms with Crippen LogP contribution < -0.4 is 15.5 Å². The van der Waals surface area contributed by atoms with Gasteiger partial charge in [0.15, 0.2) is 0 Å². The van der Waals surface area contributed by atoms with E-state index in [1.807, 2.05) is 18.2 Å². The number of piperazine rings is 1. The van der Waals surface area contributed by atoms with Crippen LogP contribution in [0.25, 0.3) is 0 Å². The molecule has 2 aromatic rings. The lowest BCUT2D eigenvalue weighted by Crippen LogP contribution is -2.56. The normalized spacial score (nSPS) is 22.9. The molecule has 2 atom stereocenters. The second kappa shape index (κ2) is 10.8. The first-order chi connectivity index (χ1) is 17.1. The summed E-state index contributed by atoms with van der Waals surface area (Å²) in [6.07, 6.45) is 7.51. The van der Waals surface area contributed by atoms with Crippen LogP contribution in [-0.4, -0.2) is 48.9 Å². The molecule has 2 N–H and O–H groups in total. The minimum atomic E-state index is -0.0521. The van der Waals surface area contributed by atoms with Crippen LogP contribution in [0.1, 0.15) is 66.8 Å². The van der Waals surface area contributed by atoms with Gasteiger partial charge in [0.25, 0.3) is 0 Å². The summed E-state index contributed by atoms with van der Waals surface area (Å²) >= 11 is 0. The predicted octanol–water partition coefficient (Wildman–Crippen LogP) is 3.87. The molecule has 0 bridgehead atoms. The molecule has 6 heteroatoms. The van der Waals surface area contributed by atoms with Crippen LogP contribution in [0.15, 0.2) is 42.5 Å². The Morgan fingerprint density at radius 2 is 1.91 bits per heavy atom. The van der Waals surface area contributed by atoms with Crippen LogP contribution in [0, 0.1) is 6.92 Å². The monoisotopic (exact) mass is 474 g/mol. The number of anilines is 1. The van der Waals surface area contributed by atoms with Crippen molar-refractivity contribution >= 4 is 17.5 Å². The number of carbonyl (C=O) groups is 2. The van der Waals surface area contributed by atoms with E-state index in [9.17, 15) is 9.59 Å². The lowest BCUT2D eigenvalue weighted by Gasteiger charge is -2.38. The van der Waals surface area contributed by atoms with Crippen molar-refractivity contribution in [2.24, 2.45) is 0 Å². The fraction of sp³-hybridized carbons (Fsp3) is 0.517. The van der Waals surface area contributed by atoms with Crippen LogP contribution in [-0.2, 0) is 22.6 Å². The summed E-state index contributed by atoms with van der Waals surface area (Å²) in [7, 11) is 0. The van der Waals surface area contributed by atoms with Crippen molar-refractivity contribution < 1.29 is 9.59 Å². The van der Waals surface area contributed by atoms with Crippen molar-refractivity contribution in [3.8, 4) is 0 Å². The first-order valence-electron chi connectivity index (χ1n) is 13.3. The summed E-state index contributed by atoms with van der Waals surface area (Å²) in [6.45, 7) is 6.27. The Labute approximate surface area is 209 Å². The van der Waals surface area contributed by atoms with Gasteiger partial charge in [0, 0.05) is 25.2 Å². The van der Waals surface area contributed by atoms with E-state index >= 15 is 0 Å². The van der Waals surface area contributed by atoms with Crippen molar-refractivity contribution in [2.75, 3.05) is 31.1 Å². The number of nitrogens with zero attached hydrogens (tertiary/aromatic N) is 2. The number of fused-ring (bicyclic) bond motifs is 1. The van der Waals surface area contributed by atoms with Gasteiger partial charge in [0.1, 0.15) is 0 Å². The third-order valence-electron chi connectivity index (χ3n) is 7.85. The molecule has 35 heavy (non-hydrogen) atoms. The highest BCUT2D eigenvalue weighted by Gasteiger charge is 2.30. The van der Waals surface area contributed by atoms with Crippen molar-refractivity contribution in [1.82, 2.24) is 15.5 Å². The molecule has 6 nitrogen and oxygen atoms in total. The largest absolute Gasteiger partial charge is 0.357 e. The summed E-state index contributed by atoms with van der Waals surface area (Å²) < 4.78 is 0. The number of benzene rings is 2. The number of hydrogen-bond acceptors (Lipinski definition) is 4. The quantitative estimate of drug-likeness (QED) is 0.667. The Bertz CT molecular complexity index is 1060. The zero-order valence-electron chi connectivity index (χ0n) is 20.9. The highest BCUT2D eigenvalue weighted by Crippen LogP contribution is 2.31. The molecule has 0 radical (unpaired) electrons. The third-order valence-corrected chi connectivity index (χ3v) is 7.85. The SMILES string of the molecule is Cc1ccccc1N1CC(=O)NCC1CC(=O)N[C@@H]1CCCc2cc(CN3CCCCC3)ccc21. The highest BCUT2D eigenvalue weighted by atomic mass is 16.2. The average Bonchev–Trinajstić information content (AvgIpc) is 2.86. The van der Waals surface area contributed by atoms with Gasteiger partial charge < -0.3 is 15.5 Å². The zero-order valence-corrected chi connectivity index (χ0v) is 20.9. The number of carbonyl (C=O) groups excluding carboxylic acids is 2. The third kappa shape index (κ3) is 5.69. The standard InChI is InChI=1S/C29H38N4O2/c1-21-8-3-4-11-27(21)33-20-29(35)30-18-24(33)17-28(34)31-26-10-7-9-23-16-22(12-13-25(23)26)19-32-14-5-2-6-15-32/h3-4,8,11-13,16,24,26H,2,5-7,9-10,14-15,17-20H2,1H3,(H,30,35)(H,31,34)/t24?,26-/m1/s1. The summed E-state index contributed by atoms with van der Waals surface area (Å²) in [5.41, 5.74) is 6.21. The highest BCUT2D eigenvalue weighted by molar-refractivity contribution is 5.85. The molecule has 0 aromatic heterocycles. The maximum absolute atomic E-state index is 13.2. The number of rotatable bonds is 6. The van der Waals surface area contributed by atoms with E-state index in [1.165, 1.54) is 49.0 Å². The zero-order chi connectivity index (χ0) is 24.2. The molecule has 1 aliphatic carbocycles. The topological polar surface area (TPSA) is 64.7 Å². The van der Waals surface area contributed by atoms with Crippen LogP contribution in [0.4, 0.5) is 5.69 Å². The van der Waals surface area contributed by atoms with Crippen molar-refractivity contribution in [2.45, 2.75) is 70.5 Å². The second-order valence-corrected chi connectivity index (χ2v) is 10.5. The minimum Gasteiger partial charge on any atom is -0.357 e. The molecule has 2 fully saturated rings. The number of likely N-dealkylation sites (tertiary alicyclic amines) is 1. The van der Waals surface area contributed by atoms with Crippen LogP contribution >= 0.6 is 0 Å². The van der Waals surface area contributed by atoms with Gasteiger partial charge in [-0.15, -0.1) is 0 Å². The first-order valence-corrected chi connectivity index (χ1v) is 13.3. The molecule has 2 amide bonds.